The van der Waals surface area contributed by atoms with Crippen molar-refractivity contribution in [3.63, 3.8) is 0 Å². The minimum absolute atomic E-state index is 0.0189. The second-order valence-electron chi connectivity index (χ2n) is 6.64. The summed E-state index contributed by atoms with van der Waals surface area (Å²) in [6, 6.07) is 10.2. The maximum Gasteiger partial charge on any atom is 0.338 e. The number of nitrogen functional groups attached to an aromatic ring is 2. The van der Waals surface area contributed by atoms with Gasteiger partial charge in [0.05, 0.1) is 29.6 Å². The Labute approximate surface area is 141 Å². The monoisotopic (exact) mass is 326 g/mol. The van der Waals surface area contributed by atoms with Gasteiger partial charge < -0.3 is 16.2 Å². The van der Waals surface area contributed by atoms with Crippen molar-refractivity contribution in [1.29, 1.82) is 0 Å². The molecule has 4 N–H and O–H groups in total. The zero-order chi connectivity index (χ0) is 18.1. The van der Waals surface area contributed by atoms with Crippen LogP contribution in [0.3, 0.4) is 0 Å². The summed E-state index contributed by atoms with van der Waals surface area (Å²) in [6.45, 7) is 6.28. The Morgan fingerprint density at radius 2 is 1.54 bits per heavy atom. The fraction of sp³-hybridized carbons (Fsp3) is 0.263. The smallest absolute Gasteiger partial charge is 0.338 e. The van der Waals surface area contributed by atoms with Crippen LogP contribution in [-0.2, 0) is 10.2 Å². The van der Waals surface area contributed by atoms with Crippen LogP contribution in [0.4, 0.5) is 11.4 Å². The maximum atomic E-state index is 12.9. The number of anilines is 2. The lowest BCUT2D eigenvalue weighted by Crippen LogP contribution is -2.16. The van der Waals surface area contributed by atoms with Gasteiger partial charge in [0.1, 0.15) is 0 Å². The Morgan fingerprint density at radius 1 is 0.958 bits per heavy atom. The lowest BCUT2D eigenvalue weighted by atomic mass is 9.86. The molecule has 0 aliphatic heterocycles. The molecule has 0 heterocycles. The third-order valence-electron chi connectivity index (χ3n) is 3.92. The fourth-order valence-corrected chi connectivity index (χ4v) is 2.43. The Bertz CT molecular complexity index is 787. The third-order valence-corrected chi connectivity index (χ3v) is 3.92. The van der Waals surface area contributed by atoms with Crippen molar-refractivity contribution in [2.24, 2.45) is 0 Å². The van der Waals surface area contributed by atoms with Crippen molar-refractivity contribution >= 4 is 23.1 Å². The number of benzene rings is 2. The number of esters is 1. The van der Waals surface area contributed by atoms with Crippen LogP contribution in [0.1, 0.15) is 52.6 Å². The van der Waals surface area contributed by atoms with Gasteiger partial charge in [-0.3, -0.25) is 4.79 Å². The number of hydrogen-bond acceptors (Lipinski definition) is 5. The molecule has 126 valence electrons. The fourth-order valence-electron chi connectivity index (χ4n) is 2.43. The molecular weight excluding hydrogens is 304 g/mol. The number of ketones is 1. The van der Waals surface area contributed by atoms with E-state index < -0.39 is 5.97 Å². The minimum atomic E-state index is -0.628. The van der Waals surface area contributed by atoms with E-state index in [1.807, 2.05) is 12.1 Å². The summed E-state index contributed by atoms with van der Waals surface area (Å²) in [5, 5.41) is 0. The van der Waals surface area contributed by atoms with E-state index in [9.17, 15) is 9.59 Å². The molecule has 2 aromatic carbocycles. The molecule has 24 heavy (non-hydrogen) atoms. The van der Waals surface area contributed by atoms with Crippen molar-refractivity contribution in [3.8, 4) is 0 Å². The van der Waals surface area contributed by atoms with Crippen LogP contribution in [0.15, 0.2) is 36.4 Å². The van der Waals surface area contributed by atoms with Crippen molar-refractivity contribution in [3.05, 3.63) is 58.7 Å². The van der Waals surface area contributed by atoms with E-state index >= 15 is 0 Å². The van der Waals surface area contributed by atoms with E-state index in [4.69, 9.17) is 16.2 Å². The summed E-state index contributed by atoms with van der Waals surface area (Å²) < 4.78 is 4.73. The van der Waals surface area contributed by atoms with Gasteiger partial charge in [-0.15, -0.1) is 0 Å². The van der Waals surface area contributed by atoms with E-state index in [0.717, 1.165) is 5.56 Å². The largest absolute Gasteiger partial charge is 0.465 e. The van der Waals surface area contributed by atoms with Gasteiger partial charge >= 0.3 is 5.97 Å². The molecule has 0 bridgehead atoms. The first-order chi connectivity index (χ1) is 11.2. The van der Waals surface area contributed by atoms with Gasteiger partial charge in [-0.25, -0.2) is 4.79 Å². The molecule has 2 rings (SSSR count). The van der Waals surface area contributed by atoms with Gasteiger partial charge in [0.15, 0.2) is 5.78 Å². The first kappa shape index (κ1) is 17.5. The zero-order valence-corrected chi connectivity index (χ0v) is 14.3. The van der Waals surface area contributed by atoms with Crippen molar-refractivity contribution < 1.29 is 14.3 Å². The molecule has 0 saturated heterocycles. The second kappa shape index (κ2) is 6.35. The van der Waals surface area contributed by atoms with Crippen molar-refractivity contribution in [2.75, 3.05) is 18.6 Å². The first-order valence-electron chi connectivity index (χ1n) is 7.58. The molecule has 0 aliphatic carbocycles. The Balaban J connectivity index is 2.53. The molecule has 0 aromatic heterocycles. The highest BCUT2D eigenvalue weighted by Gasteiger charge is 2.23. The van der Waals surface area contributed by atoms with Crippen LogP contribution in [0.2, 0.25) is 0 Å². The highest BCUT2D eigenvalue weighted by Crippen LogP contribution is 2.28. The highest BCUT2D eigenvalue weighted by atomic mass is 16.5. The minimum Gasteiger partial charge on any atom is -0.465 e. The molecule has 0 fully saturated rings. The number of carbonyl (C=O) groups is 2. The predicted octanol–water partition coefficient (Wildman–Crippen LogP) is 3.17. The van der Waals surface area contributed by atoms with Crippen molar-refractivity contribution in [1.82, 2.24) is 0 Å². The molecule has 0 radical (unpaired) electrons. The molecule has 5 heteroatoms. The van der Waals surface area contributed by atoms with Crippen LogP contribution in [0.25, 0.3) is 0 Å². The summed E-state index contributed by atoms with van der Waals surface area (Å²) in [4.78, 5) is 24.8. The molecule has 2 aromatic rings. The molecule has 0 amide bonds. The van der Waals surface area contributed by atoms with Crippen LogP contribution >= 0.6 is 0 Å². The molecular formula is C19H22N2O3. The summed E-state index contributed by atoms with van der Waals surface area (Å²) in [7, 11) is 1.25. The zero-order valence-electron chi connectivity index (χ0n) is 14.3. The average molecular weight is 326 g/mol. The topological polar surface area (TPSA) is 95.4 Å². The summed E-state index contributed by atoms with van der Waals surface area (Å²) in [5.74, 6) is -0.989. The normalized spacial score (nSPS) is 11.2. The number of hydrogen-bond donors (Lipinski definition) is 2. The highest BCUT2D eigenvalue weighted by molar-refractivity contribution is 6.18. The van der Waals surface area contributed by atoms with Gasteiger partial charge in [-0.2, -0.15) is 0 Å². The number of methoxy groups -OCH3 is 1. The van der Waals surface area contributed by atoms with E-state index in [1.54, 1.807) is 12.1 Å². The van der Waals surface area contributed by atoms with Crippen LogP contribution in [0, 0.1) is 0 Å². The van der Waals surface area contributed by atoms with Crippen LogP contribution < -0.4 is 11.5 Å². The predicted molar refractivity (Wildman–Crippen MR) is 95.2 cm³/mol. The number of nitrogens with two attached hydrogens (primary N) is 2. The van der Waals surface area contributed by atoms with E-state index in [2.05, 4.69) is 20.8 Å². The van der Waals surface area contributed by atoms with Gasteiger partial charge in [0.2, 0.25) is 0 Å². The summed E-state index contributed by atoms with van der Waals surface area (Å²) in [5.41, 5.74) is 13.8. The standard InChI is InChI=1S/C19H22N2O3/c1-19(2,3)12-7-5-11(6-8-12)17(22)15-13(18(23)24-4)9-10-14(20)16(15)21/h5-10H,20-21H2,1-4H3. The lowest BCUT2D eigenvalue weighted by Gasteiger charge is -2.19. The van der Waals surface area contributed by atoms with Gasteiger partial charge in [-0.1, -0.05) is 45.0 Å². The Morgan fingerprint density at radius 3 is 2.04 bits per heavy atom. The van der Waals surface area contributed by atoms with E-state index in [0.29, 0.717) is 5.56 Å². The van der Waals surface area contributed by atoms with Gasteiger partial charge in [-0.05, 0) is 23.1 Å². The molecule has 0 unspecified atom stereocenters. The number of carbonyl (C=O) groups excluding carboxylic acids is 2. The molecule has 0 aliphatic rings. The first-order valence-corrected chi connectivity index (χ1v) is 7.58. The van der Waals surface area contributed by atoms with Gasteiger partial charge in [0.25, 0.3) is 0 Å². The number of ether oxygens (including phenoxy) is 1. The SMILES string of the molecule is COC(=O)c1ccc(N)c(N)c1C(=O)c1ccc(C(C)(C)C)cc1. The Hall–Kier alpha value is -2.82. The summed E-state index contributed by atoms with van der Waals surface area (Å²) in [6.07, 6.45) is 0. The average Bonchev–Trinajstić information content (AvgIpc) is 2.55. The molecule has 5 nitrogen and oxygen atoms in total. The summed E-state index contributed by atoms with van der Waals surface area (Å²) >= 11 is 0. The van der Waals surface area contributed by atoms with E-state index in [-0.39, 0.29) is 33.7 Å². The maximum absolute atomic E-state index is 12.9. The molecule has 0 atom stereocenters. The van der Waals surface area contributed by atoms with Gasteiger partial charge in [0, 0.05) is 5.56 Å². The quantitative estimate of drug-likeness (QED) is 0.513. The number of rotatable bonds is 3. The van der Waals surface area contributed by atoms with Crippen LogP contribution in [-0.4, -0.2) is 18.9 Å². The molecule has 0 saturated carbocycles. The lowest BCUT2D eigenvalue weighted by molar-refractivity contribution is 0.0597. The Kier molecular flexibility index (Phi) is 4.64. The second-order valence-corrected chi connectivity index (χ2v) is 6.64. The third kappa shape index (κ3) is 3.25. The molecule has 0 spiro atoms. The van der Waals surface area contributed by atoms with Crippen LogP contribution in [0.5, 0.6) is 0 Å². The van der Waals surface area contributed by atoms with E-state index in [1.165, 1.54) is 19.2 Å². The van der Waals surface area contributed by atoms with Crippen molar-refractivity contribution in [2.45, 2.75) is 26.2 Å².